The molecular formula is C11H21NOSSi. The van der Waals surface area contributed by atoms with E-state index in [1.165, 1.54) is 6.42 Å². The van der Waals surface area contributed by atoms with Crippen LogP contribution in [-0.4, -0.2) is 20.2 Å². The van der Waals surface area contributed by atoms with Gasteiger partial charge >= 0.3 is 0 Å². The van der Waals surface area contributed by atoms with Crippen molar-refractivity contribution in [2.75, 3.05) is 5.75 Å². The Morgan fingerprint density at radius 1 is 1.53 bits per heavy atom. The molecule has 0 saturated carbocycles. The Hall–Kier alpha value is -0.243. The van der Waals surface area contributed by atoms with Crippen molar-refractivity contribution >= 4 is 20.1 Å². The van der Waals surface area contributed by atoms with Gasteiger partial charge in [0.15, 0.2) is 14.4 Å². The van der Waals surface area contributed by atoms with Crippen molar-refractivity contribution in [2.24, 2.45) is 0 Å². The van der Waals surface area contributed by atoms with E-state index in [1.54, 1.807) is 11.8 Å². The van der Waals surface area contributed by atoms with E-state index in [0.29, 0.717) is 0 Å². The van der Waals surface area contributed by atoms with Gasteiger partial charge in [-0.2, -0.15) is 5.26 Å². The summed E-state index contributed by atoms with van der Waals surface area (Å²) in [6.07, 6.45) is 1.90. The number of hydrogen-bond acceptors (Lipinski definition) is 3. The van der Waals surface area contributed by atoms with Crippen molar-refractivity contribution in [3.05, 3.63) is 11.5 Å². The van der Waals surface area contributed by atoms with Crippen LogP contribution in [0.1, 0.15) is 19.8 Å². The predicted octanol–water partition coefficient (Wildman–Crippen LogP) is 3.78. The fourth-order valence-corrected chi connectivity index (χ4v) is 2.88. The molecule has 1 atom stereocenters. The normalized spacial score (nSPS) is 13.3. The molecule has 0 radical (unpaired) electrons. The number of nitriles is 1. The molecule has 0 aromatic heterocycles. The van der Waals surface area contributed by atoms with Gasteiger partial charge in [-0.05, 0) is 31.8 Å². The summed E-state index contributed by atoms with van der Waals surface area (Å²) < 4.78 is 5.74. The fourth-order valence-electron chi connectivity index (χ4n) is 0.941. The zero-order valence-corrected chi connectivity index (χ0v) is 12.0. The molecule has 86 valence electrons. The van der Waals surface area contributed by atoms with Crippen LogP contribution < -0.4 is 0 Å². The van der Waals surface area contributed by atoms with E-state index in [-0.39, 0.29) is 0 Å². The third kappa shape index (κ3) is 7.66. The largest absolute Gasteiger partial charge is 0.398 e. The number of unbranched alkanes of at least 4 members (excludes halogenated alkanes) is 1. The summed E-state index contributed by atoms with van der Waals surface area (Å²) >= 11 is 1.65. The minimum absolute atomic E-state index is 0.432. The molecule has 0 aliphatic carbocycles. The molecular weight excluding hydrogens is 222 g/mol. The van der Waals surface area contributed by atoms with Crippen LogP contribution in [-0.2, 0) is 4.43 Å². The lowest BCUT2D eigenvalue weighted by Crippen LogP contribution is -2.31. The zero-order valence-electron chi connectivity index (χ0n) is 10.2. The lowest BCUT2D eigenvalue weighted by Gasteiger charge is -2.22. The van der Waals surface area contributed by atoms with Gasteiger partial charge < -0.3 is 4.43 Å². The highest BCUT2D eigenvalue weighted by atomic mass is 32.2. The molecule has 0 bridgehead atoms. The summed E-state index contributed by atoms with van der Waals surface area (Å²) in [5.74, 6) is 1.03. The van der Waals surface area contributed by atoms with E-state index in [1.807, 2.05) is 0 Å². The molecule has 0 aliphatic rings. The van der Waals surface area contributed by atoms with Crippen molar-refractivity contribution in [3.8, 4) is 6.07 Å². The molecule has 0 amide bonds. The first kappa shape index (κ1) is 14.8. The van der Waals surface area contributed by atoms with Gasteiger partial charge in [-0.25, -0.2) is 0 Å². The predicted molar refractivity (Wildman–Crippen MR) is 70.3 cm³/mol. The average Bonchev–Trinajstić information content (AvgIpc) is 2.13. The summed E-state index contributed by atoms with van der Waals surface area (Å²) in [5.41, 5.74) is 0. The fraction of sp³-hybridized carbons (Fsp3) is 0.727. The molecule has 0 N–H and O–H groups in total. The molecule has 0 aromatic carbocycles. The SMILES string of the molecule is C=C(SCCCC)C(C#N)O[Si](C)(C)C. The summed E-state index contributed by atoms with van der Waals surface area (Å²) in [6, 6.07) is 2.18. The molecule has 0 spiro atoms. The zero-order chi connectivity index (χ0) is 11.9. The maximum Gasteiger partial charge on any atom is 0.186 e. The maximum atomic E-state index is 8.99. The Morgan fingerprint density at radius 3 is 2.53 bits per heavy atom. The van der Waals surface area contributed by atoms with Gasteiger partial charge in [0.2, 0.25) is 0 Å². The number of thioether (sulfide) groups is 1. The average molecular weight is 243 g/mol. The van der Waals surface area contributed by atoms with Crippen molar-refractivity contribution in [2.45, 2.75) is 45.5 Å². The minimum Gasteiger partial charge on any atom is -0.398 e. The second-order valence-electron chi connectivity index (χ2n) is 4.41. The third-order valence-corrected chi connectivity index (χ3v) is 3.69. The first-order valence-electron chi connectivity index (χ1n) is 5.29. The van der Waals surface area contributed by atoms with Gasteiger partial charge in [0.05, 0.1) is 6.07 Å². The van der Waals surface area contributed by atoms with Gasteiger partial charge in [0.25, 0.3) is 0 Å². The first-order chi connectivity index (χ1) is 6.90. The van der Waals surface area contributed by atoms with Crippen LogP contribution in [0.25, 0.3) is 0 Å². The van der Waals surface area contributed by atoms with Crippen LogP contribution in [0.4, 0.5) is 0 Å². The summed E-state index contributed by atoms with van der Waals surface area (Å²) in [6.45, 7) is 12.3. The highest BCUT2D eigenvalue weighted by Crippen LogP contribution is 2.23. The number of hydrogen-bond donors (Lipinski definition) is 0. The maximum absolute atomic E-state index is 8.99. The monoisotopic (exact) mass is 243 g/mol. The minimum atomic E-state index is -1.65. The Kier molecular flexibility index (Phi) is 6.99. The molecule has 0 aromatic rings. The third-order valence-electron chi connectivity index (χ3n) is 1.67. The molecule has 0 aliphatic heterocycles. The Morgan fingerprint density at radius 2 is 2.13 bits per heavy atom. The second-order valence-corrected chi connectivity index (χ2v) is 10.1. The second kappa shape index (κ2) is 7.10. The van der Waals surface area contributed by atoms with E-state index in [4.69, 9.17) is 9.69 Å². The van der Waals surface area contributed by atoms with Crippen LogP contribution in [0.15, 0.2) is 11.5 Å². The van der Waals surface area contributed by atoms with Crippen LogP contribution in [0.2, 0.25) is 19.6 Å². The van der Waals surface area contributed by atoms with Crippen LogP contribution in [0.3, 0.4) is 0 Å². The summed E-state index contributed by atoms with van der Waals surface area (Å²) in [4.78, 5) is 0.855. The van der Waals surface area contributed by atoms with Gasteiger partial charge in [0.1, 0.15) is 0 Å². The molecule has 1 unspecified atom stereocenters. The van der Waals surface area contributed by atoms with Crippen molar-refractivity contribution in [1.82, 2.24) is 0 Å². The first-order valence-corrected chi connectivity index (χ1v) is 9.69. The molecule has 4 heteroatoms. The van der Waals surface area contributed by atoms with E-state index >= 15 is 0 Å². The van der Waals surface area contributed by atoms with Crippen LogP contribution >= 0.6 is 11.8 Å². The Labute approximate surface area is 98.8 Å². The summed E-state index contributed by atoms with van der Waals surface area (Å²) in [5, 5.41) is 8.99. The Bertz CT molecular complexity index is 242. The lowest BCUT2D eigenvalue weighted by atomic mass is 10.4. The molecule has 15 heavy (non-hydrogen) atoms. The van der Waals surface area contributed by atoms with Crippen molar-refractivity contribution < 1.29 is 4.43 Å². The van der Waals surface area contributed by atoms with Gasteiger partial charge in [-0.1, -0.05) is 19.9 Å². The highest BCUT2D eigenvalue weighted by molar-refractivity contribution is 8.03. The molecule has 0 rings (SSSR count). The van der Waals surface area contributed by atoms with E-state index in [9.17, 15) is 0 Å². The number of nitrogens with zero attached hydrogens (tertiary/aromatic N) is 1. The van der Waals surface area contributed by atoms with Crippen molar-refractivity contribution in [1.29, 1.82) is 5.26 Å². The van der Waals surface area contributed by atoms with E-state index in [2.05, 4.69) is 39.2 Å². The van der Waals surface area contributed by atoms with Gasteiger partial charge in [0, 0.05) is 4.91 Å². The van der Waals surface area contributed by atoms with Crippen LogP contribution in [0.5, 0.6) is 0 Å². The van der Waals surface area contributed by atoms with Gasteiger partial charge in [-0.15, -0.1) is 11.8 Å². The standard InChI is InChI=1S/C11H21NOSSi/c1-6-7-8-14-10(2)11(9-12)13-15(3,4)5/h11H,2,6-8H2,1,3-5H3. The highest BCUT2D eigenvalue weighted by Gasteiger charge is 2.22. The van der Waals surface area contributed by atoms with Crippen molar-refractivity contribution in [3.63, 3.8) is 0 Å². The Balaban J connectivity index is 4.07. The van der Waals surface area contributed by atoms with Crippen LogP contribution in [0, 0.1) is 11.3 Å². The molecule has 0 heterocycles. The lowest BCUT2D eigenvalue weighted by molar-refractivity contribution is 0.293. The summed E-state index contributed by atoms with van der Waals surface area (Å²) in [7, 11) is -1.65. The quantitative estimate of drug-likeness (QED) is 0.504. The molecule has 2 nitrogen and oxygen atoms in total. The topological polar surface area (TPSA) is 33.0 Å². The van der Waals surface area contributed by atoms with Gasteiger partial charge in [-0.3, -0.25) is 0 Å². The smallest absolute Gasteiger partial charge is 0.186 e. The van der Waals surface area contributed by atoms with E-state index in [0.717, 1.165) is 17.1 Å². The number of rotatable bonds is 7. The molecule has 0 saturated heterocycles. The molecule has 0 fully saturated rings. The van der Waals surface area contributed by atoms with E-state index < -0.39 is 14.4 Å².